The first-order valence-electron chi connectivity index (χ1n) is 4.60. The van der Waals surface area contributed by atoms with Gasteiger partial charge in [-0.25, -0.2) is 4.39 Å². The number of nitrogens with one attached hydrogen (secondary N) is 3. The summed E-state index contributed by atoms with van der Waals surface area (Å²) in [7, 11) is 0. The third-order valence-corrected chi connectivity index (χ3v) is 1.88. The Morgan fingerprint density at radius 1 is 1.47 bits per heavy atom. The maximum atomic E-state index is 12.6. The minimum atomic E-state index is -0.247. The summed E-state index contributed by atoms with van der Waals surface area (Å²) in [4.78, 5) is 0. The molecule has 0 aliphatic heterocycles. The average molecular weight is 226 g/mol. The van der Waals surface area contributed by atoms with E-state index in [1.807, 2.05) is 6.92 Å². The molecule has 0 atom stereocenters. The van der Waals surface area contributed by atoms with E-state index in [1.54, 1.807) is 18.3 Å². The molecule has 0 heterocycles. The fourth-order valence-electron chi connectivity index (χ4n) is 0.949. The first-order valence-corrected chi connectivity index (χ1v) is 5.01. The van der Waals surface area contributed by atoms with Crippen LogP contribution < -0.4 is 15.8 Å². The van der Waals surface area contributed by atoms with Gasteiger partial charge in [0.1, 0.15) is 5.82 Å². The lowest BCUT2D eigenvalue weighted by molar-refractivity contribution is -0.500. The van der Waals surface area contributed by atoms with Gasteiger partial charge < -0.3 is 5.32 Å². The standard InChI is InChI=1S/C10H12FN3S/c1-2-12-10(15)14-13-7-8-3-5-9(11)6-4-8/h3-7H,2H2,1H3,(H2,12,14,15)/p+1. The van der Waals surface area contributed by atoms with Crippen LogP contribution in [0.5, 0.6) is 0 Å². The van der Waals surface area contributed by atoms with Crippen LogP contribution in [-0.2, 0) is 0 Å². The molecule has 1 aromatic rings. The van der Waals surface area contributed by atoms with E-state index in [0.717, 1.165) is 12.1 Å². The van der Waals surface area contributed by atoms with Gasteiger partial charge >= 0.3 is 0 Å². The van der Waals surface area contributed by atoms with E-state index in [9.17, 15) is 4.39 Å². The Balaban J connectivity index is 2.44. The lowest BCUT2D eigenvalue weighted by Crippen LogP contribution is -2.82. The molecule has 0 saturated carbocycles. The van der Waals surface area contributed by atoms with E-state index in [-0.39, 0.29) is 5.82 Å². The molecular weight excluding hydrogens is 213 g/mol. The van der Waals surface area contributed by atoms with E-state index >= 15 is 0 Å². The maximum absolute atomic E-state index is 12.6. The van der Waals surface area contributed by atoms with Gasteiger partial charge in [-0.2, -0.15) is 0 Å². The molecule has 0 saturated heterocycles. The molecule has 0 aromatic heterocycles. The maximum Gasteiger partial charge on any atom is 0.223 e. The minimum Gasteiger partial charge on any atom is -0.359 e. The quantitative estimate of drug-likeness (QED) is 0.377. The first-order chi connectivity index (χ1) is 7.22. The van der Waals surface area contributed by atoms with Crippen molar-refractivity contribution in [2.24, 2.45) is 0 Å². The number of rotatable bonds is 3. The van der Waals surface area contributed by atoms with Crippen molar-refractivity contribution in [2.45, 2.75) is 6.92 Å². The molecule has 3 nitrogen and oxygen atoms in total. The van der Waals surface area contributed by atoms with Crippen molar-refractivity contribution in [3.63, 3.8) is 0 Å². The van der Waals surface area contributed by atoms with E-state index in [1.165, 1.54) is 12.1 Å². The number of hydrogen-bond acceptors (Lipinski definition) is 1. The highest BCUT2D eigenvalue weighted by Gasteiger charge is 1.94. The molecule has 0 aliphatic carbocycles. The topological polar surface area (TPSA) is 38.0 Å². The number of thiocarbonyl (C=S) groups is 1. The number of hydrazone groups is 1. The van der Waals surface area contributed by atoms with Crippen molar-refractivity contribution < 1.29 is 9.49 Å². The predicted octanol–water partition coefficient (Wildman–Crippen LogP) is -0.276. The molecule has 0 fully saturated rings. The van der Waals surface area contributed by atoms with Crippen molar-refractivity contribution in [2.75, 3.05) is 6.54 Å². The van der Waals surface area contributed by atoms with E-state index in [2.05, 4.69) is 15.8 Å². The Hall–Kier alpha value is -1.49. The molecule has 0 unspecified atom stereocenters. The summed E-state index contributed by atoms with van der Waals surface area (Å²) in [5.41, 5.74) is 3.63. The summed E-state index contributed by atoms with van der Waals surface area (Å²) in [6.07, 6.45) is 1.70. The molecule has 5 heteroatoms. The third-order valence-electron chi connectivity index (χ3n) is 1.63. The number of benzene rings is 1. The van der Waals surface area contributed by atoms with Gasteiger partial charge in [-0.3, -0.25) is 0 Å². The Labute approximate surface area is 93.4 Å². The second-order valence-corrected chi connectivity index (χ2v) is 3.23. The lowest BCUT2D eigenvalue weighted by atomic mass is 10.2. The summed E-state index contributed by atoms with van der Waals surface area (Å²) < 4.78 is 12.6. The average Bonchev–Trinajstić information content (AvgIpc) is 2.21. The van der Waals surface area contributed by atoms with Gasteiger partial charge in [-0.1, -0.05) is 0 Å². The smallest absolute Gasteiger partial charge is 0.223 e. The molecular formula is C10H13FN3S+. The van der Waals surface area contributed by atoms with Crippen molar-refractivity contribution in [3.8, 4) is 0 Å². The number of hydrazine groups is 1. The Kier molecular flexibility index (Phi) is 4.70. The van der Waals surface area contributed by atoms with E-state index in [4.69, 9.17) is 12.2 Å². The molecule has 1 rings (SSSR count). The first kappa shape index (κ1) is 11.6. The van der Waals surface area contributed by atoms with Crippen LogP contribution in [0.1, 0.15) is 12.5 Å². The summed E-state index contributed by atoms with van der Waals surface area (Å²) in [6.45, 7) is 2.72. The van der Waals surface area contributed by atoms with Crippen LogP contribution in [0.3, 0.4) is 0 Å². The highest BCUT2D eigenvalue weighted by atomic mass is 32.1. The van der Waals surface area contributed by atoms with Crippen LogP contribution in [-0.4, -0.2) is 17.9 Å². The highest BCUT2D eigenvalue weighted by Crippen LogP contribution is 1.97. The second kappa shape index (κ2) is 6.08. The van der Waals surface area contributed by atoms with Gasteiger partial charge in [0.05, 0.1) is 0 Å². The van der Waals surface area contributed by atoms with Crippen LogP contribution >= 0.6 is 12.2 Å². The van der Waals surface area contributed by atoms with Gasteiger partial charge in [-0.15, -0.1) is 10.5 Å². The Morgan fingerprint density at radius 2 is 2.13 bits per heavy atom. The molecule has 0 bridgehead atoms. The zero-order valence-corrected chi connectivity index (χ0v) is 9.20. The van der Waals surface area contributed by atoms with Gasteiger partial charge in [-0.05, 0) is 43.4 Å². The normalized spacial score (nSPS) is 10.3. The Bertz CT molecular complexity index is 348. The summed E-state index contributed by atoms with van der Waals surface area (Å²) in [5, 5.41) is 6.25. The molecule has 0 aliphatic rings. The molecule has 0 spiro atoms. The highest BCUT2D eigenvalue weighted by molar-refractivity contribution is 7.80. The summed E-state index contributed by atoms with van der Waals surface area (Å²) in [5.74, 6) is -0.247. The van der Waals surface area contributed by atoms with Crippen molar-refractivity contribution in [3.05, 3.63) is 35.6 Å². The molecule has 0 amide bonds. The van der Waals surface area contributed by atoms with Crippen molar-refractivity contribution >= 4 is 23.5 Å². The molecule has 0 radical (unpaired) electrons. The van der Waals surface area contributed by atoms with Crippen LogP contribution in [0.4, 0.5) is 4.39 Å². The molecule has 15 heavy (non-hydrogen) atoms. The SMILES string of the molecule is CCNC(=S)N[NH+]=Cc1ccc(F)cc1. The van der Waals surface area contributed by atoms with Gasteiger partial charge in [0.2, 0.25) is 5.11 Å². The van der Waals surface area contributed by atoms with Gasteiger partial charge in [0, 0.05) is 12.1 Å². The number of halogens is 1. The van der Waals surface area contributed by atoms with Crippen molar-refractivity contribution in [1.82, 2.24) is 10.7 Å². The fourth-order valence-corrected chi connectivity index (χ4v) is 1.15. The third kappa shape index (κ3) is 4.51. The molecule has 80 valence electrons. The number of hydrogen-bond donors (Lipinski definition) is 3. The van der Waals surface area contributed by atoms with Crippen LogP contribution in [0, 0.1) is 5.82 Å². The molecule has 3 N–H and O–H groups in total. The van der Waals surface area contributed by atoms with E-state index in [0.29, 0.717) is 5.11 Å². The monoisotopic (exact) mass is 226 g/mol. The minimum absolute atomic E-state index is 0.247. The van der Waals surface area contributed by atoms with Crippen LogP contribution in [0.15, 0.2) is 24.3 Å². The summed E-state index contributed by atoms with van der Waals surface area (Å²) >= 11 is 4.92. The van der Waals surface area contributed by atoms with E-state index < -0.39 is 0 Å². The second-order valence-electron chi connectivity index (χ2n) is 2.82. The van der Waals surface area contributed by atoms with Gasteiger partial charge in [0.15, 0.2) is 6.21 Å². The zero-order chi connectivity index (χ0) is 11.1. The molecule has 1 aromatic carbocycles. The van der Waals surface area contributed by atoms with Crippen LogP contribution in [0.25, 0.3) is 0 Å². The fraction of sp³-hybridized carbons (Fsp3) is 0.200. The zero-order valence-electron chi connectivity index (χ0n) is 8.38. The largest absolute Gasteiger partial charge is 0.359 e. The lowest BCUT2D eigenvalue weighted by Gasteiger charge is -1.98. The van der Waals surface area contributed by atoms with Gasteiger partial charge in [0.25, 0.3) is 0 Å². The van der Waals surface area contributed by atoms with Crippen molar-refractivity contribution in [1.29, 1.82) is 0 Å². The summed E-state index contributed by atoms with van der Waals surface area (Å²) in [6, 6.07) is 6.13. The predicted molar refractivity (Wildman–Crippen MR) is 61.9 cm³/mol. The Morgan fingerprint density at radius 3 is 2.73 bits per heavy atom. The van der Waals surface area contributed by atoms with Crippen LogP contribution in [0.2, 0.25) is 0 Å².